The molecule has 1 aromatic carbocycles. The molecule has 0 aromatic heterocycles. The van der Waals surface area contributed by atoms with Crippen LogP contribution in [-0.2, 0) is 0 Å². The highest BCUT2D eigenvalue weighted by Crippen LogP contribution is 2.26. The SMILES string of the molecule is O=C(Cl)N(CCl)c1ccccc1Cl. The van der Waals surface area contributed by atoms with E-state index in [4.69, 9.17) is 34.8 Å². The zero-order valence-corrected chi connectivity index (χ0v) is 8.77. The molecule has 1 amide bonds. The molecule has 70 valence electrons. The van der Waals surface area contributed by atoms with E-state index in [0.717, 1.165) is 0 Å². The molecule has 1 rings (SSSR count). The number of anilines is 1. The molecule has 0 heterocycles. The summed E-state index contributed by atoms with van der Waals surface area (Å²) in [4.78, 5) is 12.0. The van der Waals surface area contributed by atoms with Gasteiger partial charge in [-0.2, -0.15) is 0 Å². The molecule has 0 N–H and O–H groups in total. The van der Waals surface area contributed by atoms with Crippen molar-refractivity contribution in [3.05, 3.63) is 29.3 Å². The number of carbonyl (C=O) groups is 1. The Morgan fingerprint density at radius 3 is 2.46 bits per heavy atom. The van der Waals surface area contributed by atoms with Gasteiger partial charge in [0.05, 0.1) is 10.7 Å². The van der Waals surface area contributed by atoms with Gasteiger partial charge in [-0.3, -0.25) is 9.69 Å². The number of benzene rings is 1. The highest BCUT2D eigenvalue weighted by atomic mass is 35.5. The number of rotatable bonds is 2. The lowest BCUT2D eigenvalue weighted by atomic mass is 10.3. The van der Waals surface area contributed by atoms with Crippen LogP contribution in [0.5, 0.6) is 0 Å². The minimum atomic E-state index is -0.650. The minimum absolute atomic E-state index is 0.0218. The maximum absolute atomic E-state index is 10.9. The first kappa shape index (κ1) is 10.6. The molecule has 0 bridgehead atoms. The summed E-state index contributed by atoms with van der Waals surface area (Å²) in [5, 5.41) is -0.208. The van der Waals surface area contributed by atoms with Crippen LogP contribution >= 0.6 is 34.8 Å². The van der Waals surface area contributed by atoms with Crippen LogP contribution in [0.25, 0.3) is 0 Å². The average Bonchev–Trinajstić information content (AvgIpc) is 2.09. The Balaban J connectivity index is 3.04. The fourth-order valence-corrected chi connectivity index (χ4v) is 1.56. The summed E-state index contributed by atoms with van der Waals surface area (Å²) in [7, 11) is 0. The third kappa shape index (κ3) is 2.50. The summed E-state index contributed by atoms with van der Waals surface area (Å²) >= 11 is 16.7. The average molecular weight is 239 g/mol. The molecular formula is C8H6Cl3NO. The van der Waals surface area contributed by atoms with Crippen molar-refractivity contribution in [2.24, 2.45) is 0 Å². The van der Waals surface area contributed by atoms with E-state index in [-0.39, 0.29) is 6.00 Å². The predicted octanol–water partition coefficient (Wildman–Crippen LogP) is 3.70. The summed E-state index contributed by atoms with van der Waals surface area (Å²) in [6.07, 6.45) is 0. The van der Waals surface area contributed by atoms with Crippen LogP contribution in [0.1, 0.15) is 0 Å². The second kappa shape index (κ2) is 4.70. The van der Waals surface area contributed by atoms with E-state index in [2.05, 4.69) is 0 Å². The highest BCUT2D eigenvalue weighted by Gasteiger charge is 2.13. The number of nitrogens with zero attached hydrogens (tertiary/aromatic N) is 1. The van der Waals surface area contributed by atoms with Crippen LogP contribution in [0.4, 0.5) is 10.5 Å². The molecule has 2 nitrogen and oxygen atoms in total. The fraction of sp³-hybridized carbons (Fsp3) is 0.125. The van der Waals surface area contributed by atoms with E-state index in [9.17, 15) is 4.79 Å². The molecule has 0 aliphatic carbocycles. The van der Waals surface area contributed by atoms with E-state index in [1.165, 1.54) is 4.90 Å². The highest BCUT2D eigenvalue weighted by molar-refractivity contribution is 6.66. The first-order valence-electron chi connectivity index (χ1n) is 3.44. The fourth-order valence-electron chi connectivity index (χ4n) is 0.877. The van der Waals surface area contributed by atoms with Gasteiger partial charge < -0.3 is 0 Å². The van der Waals surface area contributed by atoms with Gasteiger partial charge in [0.1, 0.15) is 6.00 Å². The molecule has 0 spiro atoms. The third-order valence-corrected chi connectivity index (χ3v) is 2.24. The molecule has 5 heteroatoms. The Hall–Kier alpha value is -0.440. The van der Waals surface area contributed by atoms with Crippen molar-refractivity contribution in [2.75, 3.05) is 10.9 Å². The van der Waals surface area contributed by atoms with Gasteiger partial charge in [-0.15, -0.1) is 11.6 Å². The van der Waals surface area contributed by atoms with Crippen LogP contribution in [-0.4, -0.2) is 11.4 Å². The van der Waals surface area contributed by atoms with E-state index in [1.54, 1.807) is 24.3 Å². The standard InChI is InChI=1S/C8H6Cl3NO/c9-5-12(8(11)13)7-4-2-1-3-6(7)10/h1-4H,5H2. The van der Waals surface area contributed by atoms with Crippen molar-refractivity contribution in [1.29, 1.82) is 0 Å². The van der Waals surface area contributed by atoms with E-state index in [0.29, 0.717) is 10.7 Å². The van der Waals surface area contributed by atoms with Crippen molar-refractivity contribution in [3.63, 3.8) is 0 Å². The molecule has 0 saturated carbocycles. The van der Waals surface area contributed by atoms with Gasteiger partial charge >= 0.3 is 5.37 Å². The summed E-state index contributed by atoms with van der Waals surface area (Å²) < 4.78 is 0. The monoisotopic (exact) mass is 237 g/mol. The Kier molecular flexibility index (Phi) is 3.85. The number of amides is 1. The van der Waals surface area contributed by atoms with Crippen molar-refractivity contribution in [1.82, 2.24) is 0 Å². The lowest BCUT2D eigenvalue weighted by Crippen LogP contribution is -2.24. The molecule has 0 atom stereocenters. The molecule has 0 radical (unpaired) electrons. The summed E-state index contributed by atoms with van der Waals surface area (Å²) in [6, 6.07) is 6.82. The first-order chi connectivity index (χ1) is 6.16. The zero-order chi connectivity index (χ0) is 9.84. The second-order valence-electron chi connectivity index (χ2n) is 2.25. The first-order valence-corrected chi connectivity index (χ1v) is 4.73. The van der Waals surface area contributed by atoms with Crippen LogP contribution in [0.3, 0.4) is 0 Å². The Morgan fingerprint density at radius 1 is 1.38 bits per heavy atom. The van der Waals surface area contributed by atoms with Gasteiger partial charge in [0.25, 0.3) is 0 Å². The van der Waals surface area contributed by atoms with E-state index in [1.807, 2.05) is 0 Å². The maximum atomic E-state index is 10.9. The third-order valence-electron chi connectivity index (χ3n) is 1.47. The number of alkyl halides is 1. The minimum Gasteiger partial charge on any atom is -0.283 e. The molecule has 0 saturated heterocycles. The number of carbonyl (C=O) groups excluding carboxylic acids is 1. The largest absolute Gasteiger partial charge is 0.321 e. The van der Waals surface area contributed by atoms with Gasteiger partial charge in [0.2, 0.25) is 0 Å². The summed E-state index contributed by atoms with van der Waals surface area (Å²) in [6.45, 7) is 0. The second-order valence-corrected chi connectivity index (χ2v) is 3.22. The lowest BCUT2D eigenvalue weighted by Gasteiger charge is -2.17. The molecule has 0 unspecified atom stereocenters. The number of hydrogen-bond donors (Lipinski definition) is 0. The zero-order valence-electron chi connectivity index (χ0n) is 6.51. The van der Waals surface area contributed by atoms with Crippen molar-refractivity contribution < 1.29 is 4.79 Å². The molecule has 13 heavy (non-hydrogen) atoms. The van der Waals surface area contributed by atoms with Gasteiger partial charge in [0, 0.05) is 0 Å². The molecule has 0 aliphatic heterocycles. The van der Waals surface area contributed by atoms with Crippen LogP contribution < -0.4 is 4.90 Å². The maximum Gasteiger partial charge on any atom is 0.321 e. The lowest BCUT2D eigenvalue weighted by molar-refractivity contribution is 0.265. The van der Waals surface area contributed by atoms with Crippen LogP contribution in [0.2, 0.25) is 5.02 Å². The quantitative estimate of drug-likeness (QED) is 0.437. The summed E-state index contributed by atoms with van der Waals surface area (Å²) in [5.41, 5.74) is 0.513. The molecule has 0 fully saturated rings. The molecule has 0 aliphatic rings. The molecule has 1 aromatic rings. The predicted molar refractivity (Wildman–Crippen MR) is 55.9 cm³/mol. The smallest absolute Gasteiger partial charge is 0.283 e. The number of halogens is 3. The van der Waals surface area contributed by atoms with Crippen LogP contribution in [0, 0.1) is 0 Å². The van der Waals surface area contributed by atoms with Crippen LogP contribution in [0.15, 0.2) is 24.3 Å². The van der Waals surface area contributed by atoms with Gasteiger partial charge in [-0.1, -0.05) is 23.7 Å². The molecular weight excluding hydrogens is 232 g/mol. The van der Waals surface area contributed by atoms with Crippen molar-refractivity contribution in [3.8, 4) is 0 Å². The van der Waals surface area contributed by atoms with Gasteiger partial charge in [-0.25, -0.2) is 0 Å². The Bertz CT molecular complexity index is 316. The van der Waals surface area contributed by atoms with Crippen molar-refractivity contribution >= 4 is 45.9 Å². The number of hydrogen-bond acceptors (Lipinski definition) is 1. The Labute approximate surface area is 91.0 Å². The van der Waals surface area contributed by atoms with Crippen molar-refractivity contribution in [2.45, 2.75) is 0 Å². The summed E-state index contributed by atoms with van der Waals surface area (Å²) in [5.74, 6) is 0. The topological polar surface area (TPSA) is 20.3 Å². The van der Waals surface area contributed by atoms with Gasteiger partial charge in [-0.05, 0) is 23.7 Å². The van der Waals surface area contributed by atoms with E-state index >= 15 is 0 Å². The normalized spacial score (nSPS) is 9.77. The van der Waals surface area contributed by atoms with E-state index < -0.39 is 5.37 Å². The Morgan fingerprint density at radius 2 is 2.00 bits per heavy atom. The van der Waals surface area contributed by atoms with Gasteiger partial charge in [0.15, 0.2) is 0 Å². The number of para-hydroxylation sites is 1.